The van der Waals surface area contributed by atoms with Crippen molar-refractivity contribution in [2.75, 3.05) is 12.3 Å². The van der Waals surface area contributed by atoms with Crippen LogP contribution in [-0.2, 0) is 9.59 Å². The number of aliphatic hydroxyl groups is 1. The lowest BCUT2D eigenvalue weighted by Crippen LogP contribution is -2.39. The van der Waals surface area contributed by atoms with Crippen molar-refractivity contribution < 1.29 is 19.8 Å². The zero-order chi connectivity index (χ0) is 15.1. The van der Waals surface area contributed by atoms with Gasteiger partial charge < -0.3 is 26.1 Å². The van der Waals surface area contributed by atoms with Crippen molar-refractivity contribution >= 4 is 30.4 Å². The quantitative estimate of drug-likeness (QED) is 0.207. The Hall–Kier alpha value is -1.54. The molecule has 1 aliphatic heterocycles. The topological polar surface area (TPSA) is 125 Å². The highest BCUT2D eigenvalue weighted by Crippen LogP contribution is 2.32. The van der Waals surface area contributed by atoms with Gasteiger partial charge in [0.15, 0.2) is 0 Å². The minimum Gasteiger partial charge on any atom is -0.477 e. The van der Waals surface area contributed by atoms with Gasteiger partial charge in [-0.15, -0.1) is 11.8 Å². The monoisotopic (exact) mass is 301 g/mol. The number of carbonyl (C=O) groups excluding carboxylic acids is 1. The van der Waals surface area contributed by atoms with Crippen LogP contribution in [0.2, 0.25) is 0 Å². The van der Waals surface area contributed by atoms with Crippen molar-refractivity contribution in [3.8, 4) is 0 Å². The Morgan fingerprint density at radius 1 is 1.70 bits per heavy atom. The van der Waals surface area contributed by atoms with Gasteiger partial charge in [0.2, 0.25) is 0 Å². The number of aliphatic carboxylic acids is 1. The molecule has 20 heavy (non-hydrogen) atoms. The highest BCUT2D eigenvalue weighted by Gasteiger charge is 2.34. The largest absolute Gasteiger partial charge is 0.477 e. The molecule has 5 N–H and O–H groups in total. The van der Waals surface area contributed by atoms with Crippen LogP contribution in [0.4, 0.5) is 0 Å². The lowest BCUT2D eigenvalue weighted by atomic mass is 9.95. The van der Waals surface area contributed by atoms with Gasteiger partial charge in [0, 0.05) is 23.1 Å². The number of thioether (sulfide) groups is 1. The smallest absolute Gasteiger partial charge is 0.352 e. The number of aliphatic hydroxyl groups excluding tert-OH is 1. The Labute approximate surface area is 121 Å². The van der Waals surface area contributed by atoms with E-state index in [9.17, 15) is 14.7 Å². The number of nitrogens with one attached hydrogen (secondary N) is 1. The van der Waals surface area contributed by atoms with E-state index in [0.29, 0.717) is 29.9 Å². The maximum Gasteiger partial charge on any atom is 0.352 e. The lowest BCUT2D eigenvalue weighted by molar-refractivity contribution is -0.133. The maximum absolute atomic E-state index is 11.2. The summed E-state index contributed by atoms with van der Waals surface area (Å²) in [6, 6.07) is -0.390. The number of nitrogens with two attached hydrogens (primary N) is 1. The maximum atomic E-state index is 11.2. The van der Waals surface area contributed by atoms with Crippen molar-refractivity contribution in [3.63, 3.8) is 0 Å². The molecule has 0 aromatic rings. The van der Waals surface area contributed by atoms with Crippen LogP contribution in [-0.4, -0.2) is 53.3 Å². The molecule has 3 atom stereocenters. The first-order valence-electron chi connectivity index (χ1n) is 6.20. The van der Waals surface area contributed by atoms with E-state index in [4.69, 9.17) is 10.8 Å². The number of nitrogens with zero attached hydrogens (tertiary/aromatic N) is 1. The zero-order valence-corrected chi connectivity index (χ0v) is 12.0. The van der Waals surface area contributed by atoms with Gasteiger partial charge in [0.1, 0.15) is 12.0 Å². The Morgan fingerprint density at radius 3 is 2.90 bits per heavy atom. The van der Waals surface area contributed by atoms with Crippen molar-refractivity contribution in [3.05, 3.63) is 10.6 Å². The van der Waals surface area contributed by atoms with Gasteiger partial charge in [-0.25, -0.2) is 4.79 Å². The minimum atomic E-state index is -1.06. The number of rotatable bonds is 8. The molecule has 1 aliphatic rings. The molecule has 112 valence electrons. The third-order valence-electron chi connectivity index (χ3n) is 3.01. The predicted octanol–water partition coefficient (Wildman–Crippen LogP) is -0.439. The first-order valence-corrected chi connectivity index (χ1v) is 7.19. The molecule has 1 rings (SSSR count). The van der Waals surface area contributed by atoms with Crippen LogP contribution in [0.5, 0.6) is 0 Å². The van der Waals surface area contributed by atoms with Gasteiger partial charge in [0.25, 0.3) is 0 Å². The number of aldehydes is 1. The number of carbonyl (C=O) groups is 2. The van der Waals surface area contributed by atoms with E-state index in [1.807, 2.05) is 0 Å². The molecule has 1 heterocycles. The van der Waals surface area contributed by atoms with E-state index in [-0.39, 0.29) is 11.7 Å². The summed E-state index contributed by atoms with van der Waals surface area (Å²) in [5, 5.41) is 21.5. The van der Waals surface area contributed by atoms with Crippen molar-refractivity contribution in [1.29, 1.82) is 0 Å². The SMILES string of the molecule is C[C@@H](O)[C@@H](C=O)[C@H]1CC(SCCN=CN)=C(C(=O)O)N1. The molecule has 0 saturated carbocycles. The van der Waals surface area contributed by atoms with Crippen molar-refractivity contribution in [2.24, 2.45) is 16.6 Å². The predicted molar refractivity (Wildman–Crippen MR) is 77.4 cm³/mol. The normalized spacial score (nSPS) is 21.8. The molecule has 0 spiro atoms. The van der Waals surface area contributed by atoms with Crippen molar-refractivity contribution in [1.82, 2.24) is 5.32 Å². The first kappa shape index (κ1) is 16.5. The van der Waals surface area contributed by atoms with Crippen LogP contribution in [0.1, 0.15) is 13.3 Å². The Morgan fingerprint density at radius 2 is 2.40 bits per heavy atom. The van der Waals surface area contributed by atoms with Gasteiger partial charge >= 0.3 is 5.97 Å². The van der Waals surface area contributed by atoms with Gasteiger partial charge in [0.05, 0.1) is 24.9 Å². The summed E-state index contributed by atoms with van der Waals surface area (Å²) in [6.45, 7) is 2.01. The van der Waals surface area contributed by atoms with Gasteiger partial charge in [-0.05, 0) is 6.92 Å². The second kappa shape index (κ2) is 7.91. The first-order chi connectivity index (χ1) is 9.51. The highest BCUT2D eigenvalue weighted by atomic mass is 32.2. The highest BCUT2D eigenvalue weighted by molar-refractivity contribution is 8.03. The van der Waals surface area contributed by atoms with E-state index in [0.717, 1.165) is 0 Å². The fraction of sp³-hybridized carbons (Fsp3) is 0.583. The van der Waals surface area contributed by atoms with E-state index in [1.165, 1.54) is 25.0 Å². The number of hydrogen-bond donors (Lipinski definition) is 4. The van der Waals surface area contributed by atoms with Crippen LogP contribution in [0.25, 0.3) is 0 Å². The number of carboxylic acid groups (broad SMARTS) is 1. The molecular formula is C12H19N3O4S. The lowest BCUT2D eigenvalue weighted by Gasteiger charge is -2.21. The third kappa shape index (κ3) is 4.24. The van der Waals surface area contributed by atoms with E-state index in [1.54, 1.807) is 0 Å². The van der Waals surface area contributed by atoms with Crippen LogP contribution in [0, 0.1) is 5.92 Å². The molecule has 7 nitrogen and oxygen atoms in total. The second-order valence-corrected chi connectivity index (χ2v) is 5.61. The summed E-state index contributed by atoms with van der Waals surface area (Å²) in [5.74, 6) is -1.09. The molecule has 0 amide bonds. The van der Waals surface area contributed by atoms with Gasteiger partial charge in [-0.2, -0.15) is 0 Å². The van der Waals surface area contributed by atoms with E-state index in [2.05, 4.69) is 10.3 Å². The second-order valence-electron chi connectivity index (χ2n) is 4.42. The van der Waals surface area contributed by atoms with E-state index < -0.39 is 18.0 Å². The fourth-order valence-corrected chi connectivity index (χ4v) is 3.04. The summed E-state index contributed by atoms with van der Waals surface area (Å²) in [5.41, 5.74) is 5.23. The molecule has 0 aromatic heterocycles. The molecular weight excluding hydrogens is 282 g/mol. The summed E-state index contributed by atoms with van der Waals surface area (Å²) in [7, 11) is 0. The van der Waals surface area contributed by atoms with Crippen molar-refractivity contribution in [2.45, 2.75) is 25.5 Å². The fourth-order valence-electron chi connectivity index (χ4n) is 2.00. The third-order valence-corrected chi connectivity index (χ3v) is 4.11. The molecule has 0 bridgehead atoms. The molecule has 8 heteroatoms. The number of hydrogen-bond acceptors (Lipinski definition) is 6. The number of aliphatic imine (C=N–C) groups is 1. The summed E-state index contributed by atoms with van der Waals surface area (Å²) >= 11 is 1.37. The molecule has 0 unspecified atom stereocenters. The molecule has 0 radical (unpaired) electrons. The van der Waals surface area contributed by atoms with Gasteiger partial charge in [-0.1, -0.05) is 0 Å². The molecule has 0 fully saturated rings. The standard InChI is InChI=1S/C12H19N3O4S/c1-7(17)8(5-16)9-4-10(11(15-9)12(18)19)20-3-2-14-6-13/h5-9,15,17H,2-4H2,1H3,(H2,13,14)(H,18,19)/t7-,8-,9-/m1/s1. The average Bonchev–Trinajstić information content (AvgIpc) is 2.79. The summed E-state index contributed by atoms with van der Waals surface area (Å²) in [4.78, 5) is 26.7. The molecule has 0 saturated heterocycles. The van der Waals surface area contributed by atoms with E-state index >= 15 is 0 Å². The Kier molecular flexibility index (Phi) is 6.53. The Balaban J connectivity index is 2.71. The summed E-state index contributed by atoms with van der Waals surface area (Å²) < 4.78 is 0. The molecule has 0 aromatic carbocycles. The van der Waals surface area contributed by atoms with Crippen LogP contribution < -0.4 is 11.1 Å². The van der Waals surface area contributed by atoms with Crippen LogP contribution in [0.15, 0.2) is 15.6 Å². The van der Waals surface area contributed by atoms with Crippen LogP contribution in [0.3, 0.4) is 0 Å². The minimum absolute atomic E-state index is 0.101. The number of carboxylic acids is 1. The van der Waals surface area contributed by atoms with Crippen LogP contribution >= 0.6 is 11.8 Å². The Bertz CT molecular complexity index is 423. The average molecular weight is 301 g/mol. The van der Waals surface area contributed by atoms with Gasteiger partial charge in [-0.3, -0.25) is 4.99 Å². The zero-order valence-electron chi connectivity index (χ0n) is 11.2. The summed E-state index contributed by atoms with van der Waals surface area (Å²) in [6.07, 6.45) is 1.45. The molecule has 0 aliphatic carbocycles.